The van der Waals surface area contributed by atoms with Crippen LogP contribution in [-0.2, 0) is 4.79 Å². The van der Waals surface area contributed by atoms with Crippen LogP contribution in [0.25, 0.3) is 0 Å². The van der Waals surface area contributed by atoms with Gasteiger partial charge in [-0.25, -0.2) is 0 Å². The highest BCUT2D eigenvalue weighted by Gasteiger charge is 2.14. The summed E-state index contributed by atoms with van der Waals surface area (Å²) < 4.78 is 11.0. The average Bonchev–Trinajstić information content (AvgIpc) is 2.57. The first-order valence-electron chi connectivity index (χ1n) is 7.66. The Bertz CT molecular complexity index is 760. The number of oxime groups is 1. The van der Waals surface area contributed by atoms with Crippen molar-refractivity contribution >= 4 is 29.4 Å². The Hall–Kier alpha value is -2.73. The van der Waals surface area contributed by atoms with Crippen molar-refractivity contribution in [2.75, 3.05) is 18.5 Å². The van der Waals surface area contributed by atoms with E-state index in [2.05, 4.69) is 10.5 Å². The maximum absolute atomic E-state index is 12.0. The molecule has 0 fully saturated rings. The minimum absolute atomic E-state index is 0.221. The number of nitrogens with zero attached hydrogens (tertiary/aromatic N) is 1. The first-order valence-corrected chi connectivity index (χ1v) is 8.04. The highest BCUT2D eigenvalue weighted by atomic mass is 35.5. The van der Waals surface area contributed by atoms with Crippen molar-refractivity contribution < 1.29 is 19.5 Å². The van der Waals surface area contributed by atoms with Crippen LogP contribution in [0.2, 0.25) is 5.02 Å². The van der Waals surface area contributed by atoms with Crippen molar-refractivity contribution in [3.63, 3.8) is 0 Å². The summed E-state index contributed by atoms with van der Waals surface area (Å²) in [7, 11) is 0. The lowest BCUT2D eigenvalue weighted by molar-refractivity contribution is -0.118. The van der Waals surface area contributed by atoms with Crippen LogP contribution < -0.4 is 14.8 Å². The Balaban J connectivity index is 2.08. The number of nitrogens with one attached hydrogen (secondary N) is 1. The van der Waals surface area contributed by atoms with Crippen LogP contribution in [0.1, 0.15) is 18.1 Å². The molecule has 2 aromatic carbocycles. The van der Waals surface area contributed by atoms with Crippen molar-refractivity contribution in [3.05, 3.63) is 52.5 Å². The van der Waals surface area contributed by atoms with Crippen LogP contribution in [0.4, 0.5) is 5.69 Å². The van der Waals surface area contributed by atoms with Gasteiger partial charge in [0, 0.05) is 11.3 Å². The van der Waals surface area contributed by atoms with Crippen LogP contribution in [0.15, 0.2) is 41.6 Å². The molecule has 132 valence electrons. The summed E-state index contributed by atoms with van der Waals surface area (Å²) in [6.45, 7) is 3.95. The quantitative estimate of drug-likeness (QED) is 0.445. The third kappa shape index (κ3) is 5.39. The molecule has 0 heterocycles. The van der Waals surface area contributed by atoms with E-state index >= 15 is 0 Å². The molecule has 0 atom stereocenters. The van der Waals surface area contributed by atoms with E-state index in [4.69, 9.17) is 26.3 Å². The Morgan fingerprint density at radius 3 is 2.64 bits per heavy atom. The smallest absolute Gasteiger partial charge is 0.262 e. The molecule has 2 N–H and O–H groups in total. The lowest BCUT2D eigenvalue weighted by Gasteiger charge is -2.14. The van der Waals surface area contributed by atoms with Crippen LogP contribution in [0.3, 0.4) is 0 Å². The zero-order valence-electron chi connectivity index (χ0n) is 14.0. The third-order valence-electron chi connectivity index (χ3n) is 3.22. The monoisotopic (exact) mass is 362 g/mol. The number of halogens is 1. The summed E-state index contributed by atoms with van der Waals surface area (Å²) in [5.41, 5.74) is 2.34. The molecule has 0 bridgehead atoms. The molecule has 6 nitrogen and oxygen atoms in total. The first kappa shape index (κ1) is 18.6. The van der Waals surface area contributed by atoms with Crippen LogP contribution >= 0.6 is 11.6 Å². The van der Waals surface area contributed by atoms with E-state index in [1.54, 1.807) is 12.1 Å². The van der Waals surface area contributed by atoms with Gasteiger partial charge in [0.25, 0.3) is 5.91 Å². The number of amides is 1. The number of hydrogen-bond donors (Lipinski definition) is 2. The largest absolute Gasteiger partial charge is 0.490 e. The molecule has 0 aliphatic carbocycles. The van der Waals surface area contributed by atoms with Crippen molar-refractivity contribution in [2.24, 2.45) is 5.16 Å². The number of carbonyl (C=O) groups is 1. The molecule has 0 unspecified atom stereocenters. The van der Waals surface area contributed by atoms with Gasteiger partial charge in [0.1, 0.15) is 0 Å². The Morgan fingerprint density at radius 1 is 1.28 bits per heavy atom. The van der Waals surface area contributed by atoms with E-state index in [1.807, 2.05) is 38.1 Å². The van der Waals surface area contributed by atoms with E-state index in [1.165, 1.54) is 6.21 Å². The summed E-state index contributed by atoms with van der Waals surface area (Å²) in [4.78, 5) is 12.0. The number of benzene rings is 2. The predicted molar refractivity (Wildman–Crippen MR) is 97.3 cm³/mol. The Kier molecular flexibility index (Phi) is 6.65. The van der Waals surface area contributed by atoms with Crippen molar-refractivity contribution in [1.29, 1.82) is 0 Å². The number of aryl methyl sites for hydroxylation is 1. The minimum Gasteiger partial charge on any atom is -0.490 e. The van der Waals surface area contributed by atoms with Crippen molar-refractivity contribution in [1.82, 2.24) is 0 Å². The minimum atomic E-state index is -0.316. The van der Waals surface area contributed by atoms with E-state index in [-0.39, 0.29) is 23.3 Å². The molecule has 0 radical (unpaired) electrons. The molecule has 0 saturated heterocycles. The number of rotatable bonds is 7. The summed E-state index contributed by atoms with van der Waals surface area (Å²) in [6, 6.07) is 10.6. The maximum atomic E-state index is 12.0. The van der Waals surface area contributed by atoms with E-state index in [0.29, 0.717) is 23.6 Å². The third-order valence-corrected chi connectivity index (χ3v) is 3.50. The van der Waals surface area contributed by atoms with Crippen LogP contribution in [0.5, 0.6) is 11.5 Å². The van der Waals surface area contributed by atoms with Crippen molar-refractivity contribution in [3.8, 4) is 11.5 Å². The number of ether oxygens (including phenoxy) is 2. The maximum Gasteiger partial charge on any atom is 0.262 e. The first-order chi connectivity index (χ1) is 12.0. The SMILES string of the molecule is CCOc1cc(/C=N\O)cc(Cl)c1OCC(=O)Nc1ccc(C)cc1. The molecule has 0 aliphatic rings. The lowest BCUT2D eigenvalue weighted by Crippen LogP contribution is -2.20. The van der Waals surface area contributed by atoms with Gasteiger partial charge in [-0.2, -0.15) is 0 Å². The van der Waals surface area contributed by atoms with Gasteiger partial charge in [0.05, 0.1) is 17.8 Å². The number of anilines is 1. The standard InChI is InChI=1S/C18H19ClN2O4/c1-3-24-16-9-13(10-20-23)8-15(19)18(16)25-11-17(22)21-14-6-4-12(2)5-7-14/h4-10,23H,3,11H2,1-2H3,(H,21,22)/b20-10-. The van der Waals surface area contributed by atoms with E-state index < -0.39 is 0 Å². The Labute approximate surface area is 151 Å². The van der Waals surface area contributed by atoms with Crippen molar-refractivity contribution in [2.45, 2.75) is 13.8 Å². The second-order valence-electron chi connectivity index (χ2n) is 5.21. The fourth-order valence-corrected chi connectivity index (χ4v) is 2.38. The van der Waals surface area contributed by atoms with Gasteiger partial charge >= 0.3 is 0 Å². The molecule has 0 spiro atoms. The second kappa shape index (κ2) is 8.94. The molecule has 25 heavy (non-hydrogen) atoms. The summed E-state index contributed by atoms with van der Waals surface area (Å²) in [5.74, 6) is 0.314. The van der Waals surface area contributed by atoms with Gasteiger partial charge in [-0.05, 0) is 38.1 Å². The predicted octanol–water partition coefficient (Wildman–Crippen LogP) is 3.87. The molecular weight excluding hydrogens is 344 g/mol. The second-order valence-corrected chi connectivity index (χ2v) is 5.62. The fraction of sp³-hybridized carbons (Fsp3) is 0.222. The van der Waals surface area contributed by atoms with Gasteiger partial charge in [0.15, 0.2) is 18.1 Å². The van der Waals surface area contributed by atoms with Crippen LogP contribution in [0, 0.1) is 6.92 Å². The molecular formula is C18H19ClN2O4. The van der Waals surface area contributed by atoms with Gasteiger partial charge in [0.2, 0.25) is 0 Å². The van der Waals surface area contributed by atoms with Gasteiger partial charge < -0.3 is 20.0 Å². The zero-order valence-corrected chi connectivity index (χ0v) is 14.7. The fourth-order valence-electron chi connectivity index (χ4n) is 2.10. The van der Waals surface area contributed by atoms with Gasteiger partial charge in [-0.3, -0.25) is 4.79 Å². The zero-order chi connectivity index (χ0) is 18.2. The number of carbonyl (C=O) groups excluding carboxylic acids is 1. The van der Waals surface area contributed by atoms with E-state index in [0.717, 1.165) is 5.56 Å². The Morgan fingerprint density at radius 2 is 2.00 bits per heavy atom. The lowest BCUT2D eigenvalue weighted by atomic mass is 10.2. The van der Waals surface area contributed by atoms with Gasteiger partial charge in [-0.15, -0.1) is 0 Å². The number of hydrogen-bond acceptors (Lipinski definition) is 5. The average molecular weight is 363 g/mol. The molecule has 0 saturated carbocycles. The summed E-state index contributed by atoms with van der Waals surface area (Å²) in [5, 5.41) is 14.6. The summed E-state index contributed by atoms with van der Waals surface area (Å²) in [6.07, 6.45) is 1.22. The molecule has 2 aromatic rings. The van der Waals surface area contributed by atoms with Gasteiger partial charge in [-0.1, -0.05) is 34.5 Å². The topological polar surface area (TPSA) is 80.2 Å². The normalized spacial score (nSPS) is 10.7. The molecule has 0 aromatic heterocycles. The highest BCUT2D eigenvalue weighted by molar-refractivity contribution is 6.32. The molecule has 2 rings (SSSR count). The molecule has 0 aliphatic heterocycles. The molecule has 1 amide bonds. The van der Waals surface area contributed by atoms with E-state index in [9.17, 15) is 4.79 Å². The highest BCUT2D eigenvalue weighted by Crippen LogP contribution is 2.36. The molecule has 7 heteroatoms. The summed E-state index contributed by atoms with van der Waals surface area (Å²) >= 11 is 6.19. The van der Waals surface area contributed by atoms with Crippen LogP contribution in [-0.4, -0.2) is 30.5 Å².